The third-order valence-electron chi connectivity index (χ3n) is 4.88. The first-order valence-electron chi connectivity index (χ1n) is 9.84. The van der Waals surface area contributed by atoms with Crippen LogP contribution < -0.4 is 19.5 Å². The molecule has 4 rings (SSSR count). The summed E-state index contributed by atoms with van der Waals surface area (Å²) >= 11 is 1.53. The van der Waals surface area contributed by atoms with E-state index in [2.05, 4.69) is 15.4 Å². The Labute approximate surface area is 189 Å². The van der Waals surface area contributed by atoms with Crippen molar-refractivity contribution in [2.45, 2.75) is 13.5 Å². The molecular formula is C23H23FN4O3S. The summed E-state index contributed by atoms with van der Waals surface area (Å²) in [6, 6.07) is 11.9. The van der Waals surface area contributed by atoms with E-state index in [4.69, 9.17) is 14.2 Å². The predicted octanol–water partition coefficient (Wildman–Crippen LogP) is 5.08. The minimum absolute atomic E-state index is 0.276. The zero-order valence-corrected chi connectivity index (χ0v) is 19.0. The van der Waals surface area contributed by atoms with Crippen molar-refractivity contribution in [3.05, 3.63) is 65.7 Å². The van der Waals surface area contributed by atoms with Crippen LogP contribution in [-0.2, 0) is 6.54 Å². The average molecular weight is 455 g/mol. The number of nitrogens with zero attached hydrogens (tertiary/aromatic N) is 3. The molecule has 7 nitrogen and oxygen atoms in total. The number of methoxy groups -OCH3 is 3. The van der Waals surface area contributed by atoms with E-state index in [-0.39, 0.29) is 5.82 Å². The van der Waals surface area contributed by atoms with Crippen LogP contribution in [0.1, 0.15) is 11.3 Å². The summed E-state index contributed by atoms with van der Waals surface area (Å²) in [6.07, 6.45) is 1.85. The molecule has 9 heteroatoms. The van der Waals surface area contributed by atoms with Gasteiger partial charge in [-0.3, -0.25) is 0 Å². The summed E-state index contributed by atoms with van der Waals surface area (Å²) in [6.45, 7) is 2.49. The number of anilines is 1. The molecular weight excluding hydrogens is 431 g/mol. The maximum atomic E-state index is 13.2. The Kier molecular flexibility index (Phi) is 6.27. The van der Waals surface area contributed by atoms with E-state index in [0.29, 0.717) is 23.8 Å². The Hall–Kier alpha value is -3.59. The Morgan fingerprint density at radius 2 is 1.69 bits per heavy atom. The van der Waals surface area contributed by atoms with Crippen LogP contribution in [0.5, 0.6) is 17.2 Å². The number of benzene rings is 2. The largest absolute Gasteiger partial charge is 0.493 e. The number of ether oxygens (including phenoxy) is 3. The number of aromatic nitrogens is 3. The number of halogens is 1. The van der Waals surface area contributed by atoms with Crippen molar-refractivity contribution in [1.29, 1.82) is 0 Å². The zero-order valence-electron chi connectivity index (χ0n) is 18.2. The van der Waals surface area contributed by atoms with Crippen molar-refractivity contribution in [3.8, 4) is 33.5 Å². The van der Waals surface area contributed by atoms with Gasteiger partial charge < -0.3 is 19.5 Å². The van der Waals surface area contributed by atoms with Gasteiger partial charge in [0.05, 0.1) is 37.6 Å². The first-order valence-corrected chi connectivity index (χ1v) is 10.7. The minimum atomic E-state index is -0.276. The second-order valence-corrected chi connectivity index (χ2v) is 7.94. The lowest BCUT2D eigenvalue weighted by molar-refractivity contribution is 0.324. The SMILES string of the molecule is COc1cc(CNc2nc(C)c(-c3ccn(-c4ccc(F)cc4)n3)s2)cc(OC)c1OC. The molecule has 4 aromatic rings. The van der Waals surface area contributed by atoms with Crippen molar-refractivity contribution < 1.29 is 18.6 Å². The van der Waals surface area contributed by atoms with Crippen LogP contribution in [-0.4, -0.2) is 36.1 Å². The highest BCUT2D eigenvalue weighted by Crippen LogP contribution is 2.38. The molecule has 0 saturated heterocycles. The fourth-order valence-electron chi connectivity index (χ4n) is 3.31. The maximum absolute atomic E-state index is 13.2. The summed E-state index contributed by atoms with van der Waals surface area (Å²) in [7, 11) is 4.77. The molecule has 0 aliphatic heterocycles. The normalized spacial score (nSPS) is 10.8. The molecule has 0 radical (unpaired) electrons. The summed E-state index contributed by atoms with van der Waals surface area (Å²) in [5.41, 5.74) is 3.45. The van der Waals surface area contributed by atoms with E-state index >= 15 is 0 Å². The molecule has 0 unspecified atom stereocenters. The smallest absolute Gasteiger partial charge is 0.203 e. The summed E-state index contributed by atoms with van der Waals surface area (Å²) < 4.78 is 31.1. The molecule has 0 fully saturated rings. The maximum Gasteiger partial charge on any atom is 0.203 e. The van der Waals surface area contributed by atoms with Crippen molar-refractivity contribution in [2.24, 2.45) is 0 Å². The first-order chi connectivity index (χ1) is 15.5. The number of hydrogen-bond donors (Lipinski definition) is 1. The standard InChI is InChI=1S/C23H23FN4O3S/c1-14-22(18-9-10-28(27-18)17-7-5-16(24)6-8-17)32-23(26-14)25-13-15-11-19(29-2)21(31-4)20(12-15)30-3/h5-12H,13H2,1-4H3,(H,25,26). The number of rotatable bonds is 8. The third kappa shape index (κ3) is 4.38. The molecule has 0 aliphatic carbocycles. The van der Waals surface area contributed by atoms with Gasteiger partial charge >= 0.3 is 0 Å². The Morgan fingerprint density at radius 1 is 1.00 bits per heavy atom. The fourth-order valence-corrected chi connectivity index (χ4v) is 4.23. The lowest BCUT2D eigenvalue weighted by Crippen LogP contribution is -2.02. The summed E-state index contributed by atoms with van der Waals surface area (Å²) in [5.74, 6) is 1.49. The van der Waals surface area contributed by atoms with Gasteiger partial charge in [-0.2, -0.15) is 5.10 Å². The zero-order chi connectivity index (χ0) is 22.7. The van der Waals surface area contributed by atoms with Gasteiger partial charge in [-0.1, -0.05) is 11.3 Å². The molecule has 32 heavy (non-hydrogen) atoms. The van der Waals surface area contributed by atoms with Crippen LogP contribution in [0.2, 0.25) is 0 Å². The van der Waals surface area contributed by atoms with Crippen LogP contribution >= 0.6 is 11.3 Å². The van der Waals surface area contributed by atoms with Gasteiger partial charge in [0.1, 0.15) is 11.5 Å². The van der Waals surface area contributed by atoms with Gasteiger partial charge in [0, 0.05) is 12.7 Å². The molecule has 0 bridgehead atoms. The van der Waals surface area contributed by atoms with E-state index in [1.807, 2.05) is 31.3 Å². The average Bonchev–Trinajstić information content (AvgIpc) is 3.44. The van der Waals surface area contributed by atoms with E-state index in [9.17, 15) is 4.39 Å². The predicted molar refractivity (Wildman–Crippen MR) is 123 cm³/mol. The number of thiazole rings is 1. The second kappa shape index (κ2) is 9.27. The summed E-state index contributed by atoms with van der Waals surface area (Å²) in [5, 5.41) is 8.76. The molecule has 2 aromatic heterocycles. The number of hydrogen-bond acceptors (Lipinski definition) is 7. The Bertz CT molecular complexity index is 1200. The van der Waals surface area contributed by atoms with Gasteiger partial charge in [0.2, 0.25) is 5.75 Å². The van der Waals surface area contributed by atoms with E-state index < -0.39 is 0 Å². The van der Waals surface area contributed by atoms with Gasteiger partial charge in [-0.25, -0.2) is 14.1 Å². The van der Waals surface area contributed by atoms with Crippen molar-refractivity contribution >= 4 is 16.5 Å². The van der Waals surface area contributed by atoms with Crippen molar-refractivity contribution in [3.63, 3.8) is 0 Å². The number of aryl methyl sites for hydroxylation is 1. The summed E-state index contributed by atoms with van der Waals surface area (Å²) in [4.78, 5) is 5.61. The molecule has 2 aromatic carbocycles. The first kappa shape index (κ1) is 21.6. The van der Waals surface area contributed by atoms with Crippen LogP contribution in [0.4, 0.5) is 9.52 Å². The lowest BCUT2D eigenvalue weighted by atomic mass is 10.2. The highest BCUT2D eigenvalue weighted by atomic mass is 32.1. The van der Waals surface area contributed by atoms with Gasteiger partial charge in [0.25, 0.3) is 0 Å². The quantitative estimate of drug-likeness (QED) is 0.400. The van der Waals surface area contributed by atoms with Crippen LogP contribution in [0.15, 0.2) is 48.7 Å². The number of nitrogens with one attached hydrogen (secondary N) is 1. The lowest BCUT2D eigenvalue weighted by Gasteiger charge is -2.14. The van der Waals surface area contributed by atoms with E-state index in [1.54, 1.807) is 38.1 Å². The molecule has 0 aliphatic rings. The molecule has 166 valence electrons. The van der Waals surface area contributed by atoms with Gasteiger partial charge in [-0.15, -0.1) is 0 Å². The monoisotopic (exact) mass is 454 g/mol. The highest BCUT2D eigenvalue weighted by Gasteiger charge is 2.15. The molecule has 0 amide bonds. The minimum Gasteiger partial charge on any atom is -0.493 e. The van der Waals surface area contributed by atoms with E-state index in [1.165, 1.54) is 23.5 Å². The molecule has 0 saturated carbocycles. The molecule has 2 heterocycles. The Morgan fingerprint density at radius 3 is 2.31 bits per heavy atom. The second-order valence-electron chi connectivity index (χ2n) is 6.94. The molecule has 0 spiro atoms. The van der Waals surface area contributed by atoms with Crippen LogP contribution in [0, 0.1) is 12.7 Å². The van der Waals surface area contributed by atoms with Gasteiger partial charge in [0.15, 0.2) is 16.6 Å². The van der Waals surface area contributed by atoms with Crippen molar-refractivity contribution in [1.82, 2.24) is 14.8 Å². The van der Waals surface area contributed by atoms with Crippen molar-refractivity contribution in [2.75, 3.05) is 26.6 Å². The topological polar surface area (TPSA) is 70.4 Å². The van der Waals surface area contributed by atoms with Crippen LogP contribution in [0.3, 0.4) is 0 Å². The Balaban J connectivity index is 1.52. The molecule has 1 N–H and O–H groups in total. The fraction of sp³-hybridized carbons (Fsp3) is 0.217. The van der Waals surface area contributed by atoms with Gasteiger partial charge in [-0.05, 0) is 55.0 Å². The molecule has 0 atom stereocenters. The van der Waals surface area contributed by atoms with E-state index in [0.717, 1.165) is 32.6 Å². The third-order valence-corrected chi connectivity index (χ3v) is 6.02. The highest BCUT2D eigenvalue weighted by molar-refractivity contribution is 7.19. The van der Waals surface area contributed by atoms with Crippen LogP contribution in [0.25, 0.3) is 16.3 Å².